The minimum Gasteiger partial charge on any atom is -0.396 e. The lowest BCUT2D eigenvalue weighted by atomic mass is 9.93. The van der Waals surface area contributed by atoms with E-state index in [4.69, 9.17) is 0 Å². The molecule has 6 heteroatoms. The number of carbonyl (C=O) groups excluding carboxylic acids is 2. The van der Waals surface area contributed by atoms with Gasteiger partial charge in [0.1, 0.15) is 0 Å². The first-order valence-corrected chi connectivity index (χ1v) is 8.83. The van der Waals surface area contributed by atoms with Crippen LogP contribution in [0.15, 0.2) is 47.8 Å². The Labute approximate surface area is 145 Å². The van der Waals surface area contributed by atoms with Gasteiger partial charge in [-0.25, -0.2) is 0 Å². The third-order valence-corrected chi connectivity index (χ3v) is 4.61. The monoisotopic (exact) mass is 346 g/mol. The van der Waals surface area contributed by atoms with E-state index in [2.05, 4.69) is 10.6 Å². The summed E-state index contributed by atoms with van der Waals surface area (Å²) in [5, 5.41) is 16.4. The number of benzene rings is 1. The van der Waals surface area contributed by atoms with E-state index in [1.807, 2.05) is 47.8 Å². The Hall–Kier alpha value is -2.18. The summed E-state index contributed by atoms with van der Waals surface area (Å²) in [4.78, 5) is 24.6. The van der Waals surface area contributed by atoms with Crippen molar-refractivity contribution in [3.8, 4) is 0 Å². The molecule has 1 heterocycles. The van der Waals surface area contributed by atoms with Gasteiger partial charge in [0.05, 0.1) is 6.54 Å². The summed E-state index contributed by atoms with van der Waals surface area (Å²) in [5.41, 5.74) is 1.13. The molecule has 0 fully saturated rings. The summed E-state index contributed by atoms with van der Waals surface area (Å²) in [6.07, 6.45) is 1.30. The number of rotatable bonds is 8. The maximum Gasteiger partial charge on any atom is 0.309 e. The molecule has 2 aromatic rings. The van der Waals surface area contributed by atoms with Gasteiger partial charge < -0.3 is 15.7 Å². The van der Waals surface area contributed by atoms with Crippen molar-refractivity contribution in [3.05, 3.63) is 58.3 Å². The van der Waals surface area contributed by atoms with Crippen LogP contribution in [0.4, 0.5) is 0 Å². The van der Waals surface area contributed by atoms with E-state index in [0.717, 1.165) is 10.4 Å². The second-order valence-corrected chi connectivity index (χ2v) is 6.46. The number of carbonyl (C=O) groups is 2. The molecule has 0 saturated heterocycles. The Morgan fingerprint density at radius 2 is 1.75 bits per heavy atom. The topological polar surface area (TPSA) is 78.4 Å². The molecular formula is C18H22N2O3S. The van der Waals surface area contributed by atoms with E-state index in [0.29, 0.717) is 25.9 Å². The van der Waals surface area contributed by atoms with E-state index in [9.17, 15) is 14.7 Å². The lowest BCUT2D eigenvalue weighted by Gasteiger charge is -2.16. The normalized spacial score (nSPS) is 11.7. The first kappa shape index (κ1) is 18.2. The first-order chi connectivity index (χ1) is 11.7. The fourth-order valence-electron chi connectivity index (χ4n) is 2.46. The van der Waals surface area contributed by atoms with Gasteiger partial charge in [0.2, 0.25) is 0 Å². The van der Waals surface area contributed by atoms with Crippen LogP contribution in [0.5, 0.6) is 0 Å². The van der Waals surface area contributed by atoms with Gasteiger partial charge in [-0.2, -0.15) is 0 Å². The molecule has 0 radical (unpaired) electrons. The van der Waals surface area contributed by atoms with Crippen LogP contribution in [0.2, 0.25) is 0 Å². The third kappa shape index (κ3) is 5.79. The molecule has 0 aliphatic heterocycles. The Bertz CT molecular complexity index is 629. The van der Waals surface area contributed by atoms with Gasteiger partial charge in [-0.15, -0.1) is 11.3 Å². The lowest BCUT2D eigenvalue weighted by Crippen LogP contribution is -2.40. The van der Waals surface area contributed by atoms with Gasteiger partial charge >= 0.3 is 11.8 Å². The van der Waals surface area contributed by atoms with Crippen LogP contribution in [-0.2, 0) is 16.1 Å². The molecule has 0 aliphatic carbocycles. The zero-order chi connectivity index (χ0) is 17.2. The van der Waals surface area contributed by atoms with E-state index in [1.54, 1.807) is 0 Å². The summed E-state index contributed by atoms with van der Waals surface area (Å²) in [7, 11) is 0. The molecule has 1 aromatic heterocycles. The lowest BCUT2D eigenvalue weighted by molar-refractivity contribution is -0.139. The van der Waals surface area contributed by atoms with E-state index >= 15 is 0 Å². The molecule has 0 spiro atoms. The summed E-state index contributed by atoms with van der Waals surface area (Å²) in [6.45, 7) is 0.848. The highest BCUT2D eigenvalue weighted by Crippen LogP contribution is 2.22. The van der Waals surface area contributed by atoms with Crippen LogP contribution in [0.25, 0.3) is 0 Å². The van der Waals surface area contributed by atoms with Gasteiger partial charge in [0.15, 0.2) is 0 Å². The predicted octanol–water partition coefficient (Wildman–Crippen LogP) is 2.04. The zero-order valence-electron chi connectivity index (χ0n) is 13.4. The first-order valence-electron chi connectivity index (χ1n) is 7.95. The summed E-state index contributed by atoms with van der Waals surface area (Å²) >= 11 is 1.53. The van der Waals surface area contributed by atoms with Crippen molar-refractivity contribution in [2.45, 2.75) is 25.3 Å². The SMILES string of the molecule is O=C(NCC[C@@H](CCO)c1ccccc1)C(=O)NCc1cccs1. The fourth-order valence-corrected chi connectivity index (χ4v) is 3.10. The van der Waals surface area contributed by atoms with Gasteiger partial charge in [0, 0.05) is 18.0 Å². The molecule has 24 heavy (non-hydrogen) atoms. The van der Waals surface area contributed by atoms with Crippen LogP contribution in [-0.4, -0.2) is 30.1 Å². The standard InChI is InChI=1S/C18H22N2O3S/c21-11-9-15(14-5-2-1-3-6-14)8-10-19-17(22)18(23)20-13-16-7-4-12-24-16/h1-7,12,15,21H,8-11,13H2,(H,19,22)(H,20,23)/t15-/m0/s1. The molecule has 0 bridgehead atoms. The number of thiophene rings is 1. The smallest absolute Gasteiger partial charge is 0.309 e. The Kier molecular flexibility index (Phi) is 7.45. The van der Waals surface area contributed by atoms with Crippen LogP contribution < -0.4 is 10.6 Å². The second-order valence-electron chi connectivity index (χ2n) is 5.43. The number of hydrogen-bond donors (Lipinski definition) is 3. The average molecular weight is 346 g/mol. The maximum atomic E-state index is 11.8. The molecule has 2 amide bonds. The van der Waals surface area contributed by atoms with Gasteiger partial charge in [-0.05, 0) is 35.8 Å². The summed E-state index contributed by atoms with van der Waals surface area (Å²) < 4.78 is 0. The van der Waals surface area contributed by atoms with Crippen molar-refractivity contribution in [1.29, 1.82) is 0 Å². The maximum absolute atomic E-state index is 11.8. The predicted molar refractivity (Wildman–Crippen MR) is 94.7 cm³/mol. The third-order valence-electron chi connectivity index (χ3n) is 3.74. The Morgan fingerprint density at radius 3 is 2.42 bits per heavy atom. The number of hydrogen-bond acceptors (Lipinski definition) is 4. The van der Waals surface area contributed by atoms with Crippen LogP contribution >= 0.6 is 11.3 Å². The highest BCUT2D eigenvalue weighted by atomic mass is 32.1. The number of aliphatic hydroxyl groups excluding tert-OH is 1. The van der Waals surface area contributed by atoms with Crippen LogP contribution in [0.3, 0.4) is 0 Å². The quantitative estimate of drug-likeness (QED) is 0.640. The molecule has 1 atom stereocenters. The molecule has 0 unspecified atom stereocenters. The van der Waals surface area contributed by atoms with Crippen molar-refractivity contribution >= 4 is 23.2 Å². The van der Waals surface area contributed by atoms with Gasteiger partial charge in [-0.3, -0.25) is 9.59 Å². The molecule has 128 valence electrons. The number of nitrogens with one attached hydrogen (secondary N) is 2. The molecule has 1 aromatic carbocycles. The minimum absolute atomic E-state index is 0.0921. The average Bonchev–Trinajstić information content (AvgIpc) is 3.13. The van der Waals surface area contributed by atoms with Crippen LogP contribution in [0.1, 0.15) is 29.2 Å². The molecular weight excluding hydrogens is 324 g/mol. The molecule has 5 nitrogen and oxygen atoms in total. The highest BCUT2D eigenvalue weighted by molar-refractivity contribution is 7.09. The number of amides is 2. The molecule has 0 aliphatic rings. The Balaban J connectivity index is 1.74. The van der Waals surface area contributed by atoms with Crippen molar-refractivity contribution in [1.82, 2.24) is 10.6 Å². The van der Waals surface area contributed by atoms with E-state index < -0.39 is 11.8 Å². The largest absolute Gasteiger partial charge is 0.396 e. The highest BCUT2D eigenvalue weighted by Gasteiger charge is 2.15. The summed E-state index contributed by atoms with van der Waals surface area (Å²) in [6, 6.07) is 13.7. The molecule has 3 N–H and O–H groups in total. The fraction of sp³-hybridized carbons (Fsp3) is 0.333. The minimum atomic E-state index is -0.623. The Morgan fingerprint density at radius 1 is 1.00 bits per heavy atom. The number of aliphatic hydroxyl groups is 1. The van der Waals surface area contributed by atoms with E-state index in [-0.39, 0.29) is 12.5 Å². The van der Waals surface area contributed by atoms with Crippen molar-refractivity contribution in [2.24, 2.45) is 0 Å². The van der Waals surface area contributed by atoms with Crippen molar-refractivity contribution in [2.75, 3.05) is 13.2 Å². The van der Waals surface area contributed by atoms with Crippen LogP contribution in [0, 0.1) is 0 Å². The molecule has 2 rings (SSSR count). The zero-order valence-corrected chi connectivity index (χ0v) is 14.2. The second kappa shape index (κ2) is 9.85. The van der Waals surface area contributed by atoms with Crippen molar-refractivity contribution in [3.63, 3.8) is 0 Å². The van der Waals surface area contributed by atoms with Gasteiger partial charge in [0.25, 0.3) is 0 Å². The molecule has 0 saturated carbocycles. The summed E-state index contributed by atoms with van der Waals surface area (Å²) in [5.74, 6) is -1.09. The van der Waals surface area contributed by atoms with Gasteiger partial charge in [-0.1, -0.05) is 36.4 Å². The van der Waals surface area contributed by atoms with E-state index in [1.165, 1.54) is 11.3 Å². The van der Waals surface area contributed by atoms with Crippen molar-refractivity contribution < 1.29 is 14.7 Å².